The number of carbonyl (C=O) groups is 2. The predicted octanol–water partition coefficient (Wildman–Crippen LogP) is 2.28. The third kappa shape index (κ3) is 6.35. The molecule has 0 spiro atoms. The summed E-state index contributed by atoms with van der Waals surface area (Å²) < 4.78 is 12.9. The molecule has 0 fully saturated rings. The molecule has 0 N–H and O–H groups in total. The van der Waals surface area contributed by atoms with Gasteiger partial charge in [-0.2, -0.15) is 0 Å². The lowest BCUT2D eigenvalue weighted by atomic mass is 10.2. The van der Waals surface area contributed by atoms with E-state index in [0.29, 0.717) is 12.8 Å². The largest absolute Gasteiger partial charge is 0.441 e. The second-order valence-electron chi connectivity index (χ2n) is 6.26. The third-order valence-electron chi connectivity index (χ3n) is 4.01. The number of ether oxygens (including phenoxy) is 2. The molecule has 0 aliphatic heterocycles. The Morgan fingerprint density at radius 1 is 0.900 bits per heavy atom. The Hall–Kier alpha value is -3.84. The van der Waals surface area contributed by atoms with Gasteiger partial charge < -0.3 is 29.7 Å². The minimum atomic E-state index is -0.760. The predicted molar refractivity (Wildman–Crippen MR) is 97.8 cm³/mol. The molecule has 2 atom stereocenters. The summed E-state index contributed by atoms with van der Waals surface area (Å²) in [5.41, 5.74) is 0. The van der Waals surface area contributed by atoms with Gasteiger partial charge in [0.1, 0.15) is 12.4 Å². The van der Waals surface area contributed by atoms with Gasteiger partial charge in [-0.1, -0.05) is 0 Å². The van der Waals surface area contributed by atoms with Gasteiger partial charge in [0.15, 0.2) is 12.5 Å². The van der Waals surface area contributed by atoms with Crippen LogP contribution in [0.3, 0.4) is 0 Å². The van der Waals surface area contributed by atoms with Crippen LogP contribution >= 0.6 is 0 Å². The summed E-state index contributed by atoms with van der Waals surface area (Å²) in [7, 11) is 0. The van der Waals surface area contributed by atoms with Gasteiger partial charge in [0.25, 0.3) is 0 Å². The maximum atomic E-state index is 11.9. The zero-order valence-electron chi connectivity index (χ0n) is 16.2. The van der Waals surface area contributed by atoms with Crippen molar-refractivity contribution in [2.75, 3.05) is 0 Å². The van der Waals surface area contributed by atoms with Gasteiger partial charge in [-0.3, -0.25) is 18.7 Å². The summed E-state index contributed by atoms with van der Waals surface area (Å²) in [5.74, 6) is -1.75. The van der Waals surface area contributed by atoms with Crippen LogP contribution in [0.5, 0.6) is 0 Å². The Balaban J connectivity index is 1.66. The van der Waals surface area contributed by atoms with E-state index in [1.807, 2.05) is 0 Å². The van der Waals surface area contributed by atoms with Crippen molar-refractivity contribution < 1.29 is 28.9 Å². The molecular weight excluding hydrogens is 404 g/mol. The Morgan fingerprint density at radius 2 is 1.27 bits per heavy atom. The summed E-state index contributed by atoms with van der Waals surface area (Å²) >= 11 is 0. The Labute approximate surface area is 169 Å². The lowest BCUT2D eigenvalue weighted by molar-refractivity contribution is -0.389. The molecule has 162 valence electrons. The molecule has 14 heteroatoms. The summed E-state index contributed by atoms with van der Waals surface area (Å²) in [5, 5.41) is 21.2. The number of unbranched alkanes of at least 4 members (excludes halogenated alkanes) is 1. The van der Waals surface area contributed by atoms with Gasteiger partial charge in [-0.25, -0.2) is 0 Å². The molecule has 14 nitrogen and oxygen atoms in total. The minimum Gasteiger partial charge on any atom is -0.441 e. The second-order valence-corrected chi connectivity index (χ2v) is 6.26. The summed E-state index contributed by atoms with van der Waals surface area (Å²) in [6.45, 7) is 3.09. The van der Waals surface area contributed by atoms with Crippen LogP contribution in [0.15, 0.2) is 25.0 Å². The SMILES string of the molecule is CC(OC(=O)CCCCC(=O)OC(C)n1cnc([N+](=O)[O-])c1)n1cnc([N+](=O)[O-])c1. The number of nitro groups is 2. The number of nitrogens with zero attached hydrogens (tertiary/aromatic N) is 6. The lowest BCUT2D eigenvalue weighted by Gasteiger charge is -2.14. The first kappa shape index (κ1) is 22.4. The fraction of sp³-hybridized carbons (Fsp3) is 0.500. The number of imidazole rings is 2. The van der Waals surface area contributed by atoms with Crippen LogP contribution in [0.25, 0.3) is 0 Å². The number of hydrogen-bond donors (Lipinski definition) is 0. The highest BCUT2D eigenvalue weighted by Crippen LogP contribution is 2.16. The van der Waals surface area contributed by atoms with E-state index in [-0.39, 0.29) is 24.5 Å². The number of esters is 2. The Kier molecular flexibility index (Phi) is 7.55. The van der Waals surface area contributed by atoms with Crippen molar-refractivity contribution in [1.82, 2.24) is 19.1 Å². The monoisotopic (exact) mass is 424 g/mol. The third-order valence-corrected chi connectivity index (χ3v) is 4.01. The van der Waals surface area contributed by atoms with Gasteiger partial charge in [0, 0.05) is 12.8 Å². The quantitative estimate of drug-likeness (QED) is 0.225. The molecule has 30 heavy (non-hydrogen) atoms. The first-order valence-corrected chi connectivity index (χ1v) is 8.92. The van der Waals surface area contributed by atoms with Crippen LogP contribution in [-0.4, -0.2) is 40.9 Å². The topological polar surface area (TPSA) is 175 Å². The van der Waals surface area contributed by atoms with Crippen LogP contribution in [0.2, 0.25) is 0 Å². The zero-order chi connectivity index (χ0) is 22.3. The Morgan fingerprint density at radius 3 is 1.57 bits per heavy atom. The highest BCUT2D eigenvalue weighted by Gasteiger charge is 2.18. The van der Waals surface area contributed by atoms with Crippen molar-refractivity contribution in [2.24, 2.45) is 0 Å². The molecule has 0 amide bonds. The molecule has 0 aromatic carbocycles. The summed E-state index contributed by atoms with van der Waals surface area (Å²) in [6, 6.07) is 0. The fourth-order valence-corrected chi connectivity index (χ4v) is 2.40. The maximum absolute atomic E-state index is 11.9. The van der Waals surface area contributed by atoms with Gasteiger partial charge in [-0.05, 0) is 46.5 Å². The molecule has 2 rings (SSSR count). The van der Waals surface area contributed by atoms with Crippen LogP contribution in [-0.2, 0) is 19.1 Å². The van der Waals surface area contributed by atoms with Gasteiger partial charge >= 0.3 is 23.6 Å². The average molecular weight is 424 g/mol. The molecule has 0 aliphatic carbocycles. The highest BCUT2D eigenvalue weighted by atomic mass is 16.6. The molecule has 0 radical (unpaired) electrons. The molecule has 0 aliphatic rings. The van der Waals surface area contributed by atoms with E-state index in [2.05, 4.69) is 9.97 Å². The van der Waals surface area contributed by atoms with E-state index < -0.39 is 34.2 Å². The number of carbonyl (C=O) groups excluding carboxylic acids is 2. The molecule has 0 saturated carbocycles. The molecule has 2 aromatic heterocycles. The lowest BCUT2D eigenvalue weighted by Crippen LogP contribution is -2.14. The van der Waals surface area contributed by atoms with Crippen LogP contribution in [0.4, 0.5) is 11.6 Å². The first-order chi connectivity index (χ1) is 14.2. The van der Waals surface area contributed by atoms with E-state index in [1.165, 1.54) is 21.8 Å². The molecule has 2 aromatic rings. The van der Waals surface area contributed by atoms with Crippen molar-refractivity contribution in [1.29, 1.82) is 0 Å². The molecular formula is C16H20N6O8. The van der Waals surface area contributed by atoms with Crippen molar-refractivity contribution >= 4 is 23.6 Å². The summed E-state index contributed by atoms with van der Waals surface area (Å²) in [4.78, 5) is 50.8. The maximum Gasteiger partial charge on any atom is 0.381 e. The van der Waals surface area contributed by atoms with E-state index in [9.17, 15) is 29.8 Å². The normalized spacial score (nSPS) is 12.7. The first-order valence-electron chi connectivity index (χ1n) is 8.92. The second kappa shape index (κ2) is 10.1. The molecule has 0 bridgehead atoms. The van der Waals surface area contributed by atoms with Crippen molar-refractivity contribution in [2.45, 2.75) is 52.0 Å². The molecule has 2 unspecified atom stereocenters. The molecule has 0 saturated heterocycles. The molecule has 2 heterocycles. The van der Waals surface area contributed by atoms with Gasteiger partial charge in [0.05, 0.1) is 0 Å². The fourth-order valence-electron chi connectivity index (χ4n) is 2.40. The smallest absolute Gasteiger partial charge is 0.381 e. The van der Waals surface area contributed by atoms with Crippen molar-refractivity contribution in [3.8, 4) is 0 Å². The van der Waals surface area contributed by atoms with E-state index in [1.54, 1.807) is 13.8 Å². The van der Waals surface area contributed by atoms with Crippen LogP contribution in [0.1, 0.15) is 52.0 Å². The zero-order valence-corrected chi connectivity index (χ0v) is 16.2. The summed E-state index contributed by atoms with van der Waals surface area (Å²) in [6.07, 6.45) is 4.03. The van der Waals surface area contributed by atoms with Crippen molar-refractivity contribution in [3.05, 3.63) is 45.3 Å². The van der Waals surface area contributed by atoms with Gasteiger partial charge in [-0.15, -0.1) is 0 Å². The van der Waals surface area contributed by atoms with Crippen molar-refractivity contribution in [3.63, 3.8) is 0 Å². The average Bonchev–Trinajstić information content (AvgIpc) is 3.34. The van der Waals surface area contributed by atoms with Crippen LogP contribution < -0.4 is 0 Å². The van der Waals surface area contributed by atoms with E-state index >= 15 is 0 Å². The van der Waals surface area contributed by atoms with E-state index in [0.717, 1.165) is 12.4 Å². The van der Waals surface area contributed by atoms with E-state index in [4.69, 9.17) is 9.47 Å². The standard InChI is InChI=1S/C16H20N6O8/c1-11(19-7-13(17-9-19)21(25)26)29-15(23)5-3-4-6-16(24)30-12(2)20-8-14(18-10-20)22(27)28/h7-12H,3-6H2,1-2H3. The Bertz CT molecular complexity index is 848. The van der Waals surface area contributed by atoms with Crippen LogP contribution in [0, 0.1) is 20.2 Å². The minimum absolute atomic E-state index is 0.0533. The number of hydrogen-bond acceptors (Lipinski definition) is 10. The van der Waals surface area contributed by atoms with Gasteiger partial charge in [0.2, 0.25) is 12.7 Å². The number of aromatic nitrogens is 4. The number of rotatable bonds is 11. The highest BCUT2D eigenvalue weighted by molar-refractivity contribution is 5.70.